The number of hydrogen-bond acceptors (Lipinski definition) is 5. The summed E-state index contributed by atoms with van der Waals surface area (Å²) in [6.45, 7) is 1.14. The molecule has 0 aliphatic carbocycles. The average molecular weight is 345 g/mol. The van der Waals surface area contributed by atoms with Gasteiger partial charge in [-0.05, 0) is 17.7 Å². The highest BCUT2D eigenvalue weighted by Crippen LogP contribution is 2.23. The van der Waals surface area contributed by atoms with E-state index in [1.807, 2.05) is 55.7 Å². The van der Waals surface area contributed by atoms with Crippen LogP contribution in [0.2, 0.25) is 0 Å². The van der Waals surface area contributed by atoms with Crippen molar-refractivity contribution in [3.63, 3.8) is 0 Å². The van der Waals surface area contributed by atoms with Crippen molar-refractivity contribution in [1.29, 1.82) is 0 Å². The molecule has 1 aromatic carbocycles. The monoisotopic (exact) mass is 345 g/mol. The number of aryl methyl sites for hydroxylation is 1. The lowest BCUT2D eigenvalue weighted by Crippen LogP contribution is -2.04. The van der Waals surface area contributed by atoms with Gasteiger partial charge in [-0.1, -0.05) is 30.3 Å². The van der Waals surface area contributed by atoms with Gasteiger partial charge in [0.15, 0.2) is 5.65 Å². The highest BCUT2D eigenvalue weighted by atomic mass is 16.5. The Kier molecular flexibility index (Phi) is 4.47. The maximum atomic E-state index is 5.97. The zero-order valence-electron chi connectivity index (χ0n) is 14.5. The molecule has 1 N–H and O–H groups in total. The second-order valence-electron chi connectivity index (χ2n) is 5.98. The van der Waals surface area contributed by atoms with Gasteiger partial charge in [0.1, 0.15) is 12.4 Å². The minimum Gasteiger partial charge on any atom is -0.487 e. The van der Waals surface area contributed by atoms with Gasteiger partial charge in [-0.3, -0.25) is 9.67 Å². The minimum atomic E-state index is 0.516. The maximum Gasteiger partial charge on any atom is 0.159 e. The molecule has 4 rings (SSSR count). The van der Waals surface area contributed by atoms with Gasteiger partial charge in [0.2, 0.25) is 0 Å². The smallest absolute Gasteiger partial charge is 0.159 e. The van der Waals surface area contributed by atoms with E-state index in [2.05, 4.69) is 20.4 Å². The molecule has 0 aliphatic rings. The summed E-state index contributed by atoms with van der Waals surface area (Å²) in [4.78, 5) is 8.55. The minimum absolute atomic E-state index is 0.516. The summed E-state index contributed by atoms with van der Waals surface area (Å²) < 4.78 is 7.74. The Bertz CT molecular complexity index is 1010. The number of aromatic nitrogens is 4. The molecule has 3 heterocycles. The van der Waals surface area contributed by atoms with Gasteiger partial charge in [-0.15, -0.1) is 0 Å². The quantitative estimate of drug-likeness (QED) is 0.579. The van der Waals surface area contributed by atoms with Crippen LogP contribution in [0.15, 0.2) is 67.3 Å². The zero-order valence-corrected chi connectivity index (χ0v) is 14.5. The summed E-state index contributed by atoms with van der Waals surface area (Å²) in [6.07, 6.45) is 7.14. The molecule has 6 nitrogen and oxygen atoms in total. The number of benzene rings is 1. The fraction of sp³-hybridized carbons (Fsp3) is 0.150. The van der Waals surface area contributed by atoms with Crippen LogP contribution in [0, 0.1) is 0 Å². The van der Waals surface area contributed by atoms with Crippen LogP contribution in [0.5, 0.6) is 5.75 Å². The SMILES string of the molecule is Cn1ncc2c(NCc3ccncc3OCc3ccccc3)ccnc21. The molecule has 6 heteroatoms. The Morgan fingerprint density at radius 3 is 2.81 bits per heavy atom. The van der Waals surface area contributed by atoms with Gasteiger partial charge < -0.3 is 10.1 Å². The van der Waals surface area contributed by atoms with E-state index in [0.717, 1.165) is 33.6 Å². The summed E-state index contributed by atoms with van der Waals surface area (Å²) in [5.74, 6) is 0.778. The van der Waals surface area contributed by atoms with Crippen molar-refractivity contribution in [3.05, 3.63) is 78.4 Å². The van der Waals surface area contributed by atoms with Gasteiger partial charge in [-0.25, -0.2) is 4.98 Å². The van der Waals surface area contributed by atoms with E-state index in [0.29, 0.717) is 13.2 Å². The summed E-state index contributed by atoms with van der Waals surface area (Å²) in [5, 5.41) is 8.72. The number of nitrogens with zero attached hydrogens (tertiary/aromatic N) is 4. The molecule has 0 bridgehead atoms. The third-order valence-electron chi connectivity index (χ3n) is 4.21. The van der Waals surface area contributed by atoms with Crippen molar-refractivity contribution < 1.29 is 4.74 Å². The van der Waals surface area contributed by atoms with Crippen molar-refractivity contribution in [2.75, 3.05) is 5.32 Å². The van der Waals surface area contributed by atoms with Gasteiger partial charge in [0, 0.05) is 37.2 Å². The van der Waals surface area contributed by atoms with E-state index in [-0.39, 0.29) is 0 Å². The lowest BCUT2D eigenvalue weighted by molar-refractivity contribution is 0.302. The molecule has 0 aliphatic heterocycles. The van der Waals surface area contributed by atoms with Crippen molar-refractivity contribution in [1.82, 2.24) is 19.7 Å². The van der Waals surface area contributed by atoms with Crippen LogP contribution < -0.4 is 10.1 Å². The summed E-state index contributed by atoms with van der Waals surface area (Å²) in [5.41, 5.74) is 4.02. The third kappa shape index (κ3) is 3.35. The fourth-order valence-corrected chi connectivity index (χ4v) is 2.81. The lowest BCUT2D eigenvalue weighted by Gasteiger charge is -2.13. The Labute approximate surface area is 151 Å². The molecule has 0 fully saturated rings. The molecule has 0 spiro atoms. The number of hydrogen-bond donors (Lipinski definition) is 1. The Balaban J connectivity index is 1.50. The summed E-state index contributed by atoms with van der Waals surface area (Å²) in [6, 6.07) is 14.0. The molecule has 0 unspecified atom stereocenters. The van der Waals surface area contributed by atoms with E-state index < -0.39 is 0 Å². The van der Waals surface area contributed by atoms with Crippen LogP contribution in [0.25, 0.3) is 11.0 Å². The standard InChI is InChI=1S/C20H19N5O/c1-25-20-17(12-24-25)18(8-10-22-20)23-11-16-7-9-21-13-19(16)26-14-15-5-3-2-4-6-15/h2-10,12-13H,11,14H2,1H3,(H,22,23). The Morgan fingerprint density at radius 1 is 1.04 bits per heavy atom. The van der Waals surface area contributed by atoms with E-state index in [1.165, 1.54) is 0 Å². The molecule has 26 heavy (non-hydrogen) atoms. The van der Waals surface area contributed by atoms with E-state index in [4.69, 9.17) is 4.74 Å². The first-order valence-electron chi connectivity index (χ1n) is 8.41. The second kappa shape index (κ2) is 7.23. The second-order valence-corrected chi connectivity index (χ2v) is 5.98. The molecule has 0 amide bonds. The molecule has 4 aromatic rings. The van der Waals surface area contributed by atoms with Crippen molar-refractivity contribution in [3.8, 4) is 5.75 Å². The van der Waals surface area contributed by atoms with Gasteiger partial charge in [0.05, 0.1) is 17.8 Å². The van der Waals surface area contributed by atoms with Gasteiger partial charge in [-0.2, -0.15) is 5.10 Å². The first-order valence-corrected chi connectivity index (χ1v) is 8.41. The van der Waals surface area contributed by atoms with Crippen LogP contribution in [-0.4, -0.2) is 19.7 Å². The molecule has 0 saturated carbocycles. The highest BCUT2D eigenvalue weighted by molar-refractivity contribution is 5.88. The van der Waals surface area contributed by atoms with Crippen LogP contribution in [0.4, 0.5) is 5.69 Å². The Hall–Kier alpha value is -3.41. The largest absolute Gasteiger partial charge is 0.487 e. The summed E-state index contributed by atoms with van der Waals surface area (Å²) >= 11 is 0. The van der Waals surface area contributed by atoms with Crippen molar-refractivity contribution in [2.45, 2.75) is 13.2 Å². The number of rotatable bonds is 6. The molecule has 0 atom stereocenters. The van der Waals surface area contributed by atoms with Crippen LogP contribution in [0.1, 0.15) is 11.1 Å². The zero-order chi connectivity index (χ0) is 17.8. The first-order chi connectivity index (χ1) is 12.8. The number of nitrogens with one attached hydrogen (secondary N) is 1. The lowest BCUT2D eigenvalue weighted by atomic mass is 10.2. The summed E-state index contributed by atoms with van der Waals surface area (Å²) in [7, 11) is 1.89. The topological polar surface area (TPSA) is 64.9 Å². The molecular formula is C20H19N5O. The normalized spacial score (nSPS) is 10.8. The first kappa shape index (κ1) is 16.1. The van der Waals surface area contributed by atoms with Crippen LogP contribution in [0.3, 0.4) is 0 Å². The number of fused-ring (bicyclic) bond motifs is 1. The third-order valence-corrected chi connectivity index (χ3v) is 4.21. The van der Waals surface area contributed by atoms with Crippen molar-refractivity contribution >= 4 is 16.7 Å². The van der Waals surface area contributed by atoms with Gasteiger partial charge in [0.25, 0.3) is 0 Å². The van der Waals surface area contributed by atoms with E-state index in [1.54, 1.807) is 23.3 Å². The molecule has 130 valence electrons. The van der Waals surface area contributed by atoms with E-state index in [9.17, 15) is 0 Å². The Morgan fingerprint density at radius 2 is 1.92 bits per heavy atom. The molecule has 3 aromatic heterocycles. The predicted molar refractivity (Wildman–Crippen MR) is 101 cm³/mol. The number of anilines is 1. The molecule has 0 radical (unpaired) electrons. The molecular weight excluding hydrogens is 326 g/mol. The number of pyridine rings is 2. The number of ether oxygens (including phenoxy) is 1. The highest BCUT2D eigenvalue weighted by Gasteiger charge is 2.08. The average Bonchev–Trinajstić information content (AvgIpc) is 3.08. The predicted octanol–water partition coefficient (Wildman–Crippen LogP) is 3.55. The van der Waals surface area contributed by atoms with E-state index >= 15 is 0 Å². The van der Waals surface area contributed by atoms with Crippen LogP contribution >= 0.6 is 0 Å². The van der Waals surface area contributed by atoms with Crippen LogP contribution in [-0.2, 0) is 20.2 Å². The fourth-order valence-electron chi connectivity index (χ4n) is 2.81. The maximum absolute atomic E-state index is 5.97. The van der Waals surface area contributed by atoms with Crippen molar-refractivity contribution in [2.24, 2.45) is 7.05 Å². The van der Waals surface area contributed by atoms with Gasteiger partial charge >= 0.3 is 0 Å². The molecule has 0 saturated heterocycles.